The Labute approximate surface area is 154 Å². The lowest BCUT2D eigenvalue weighted by atomic mass is 9.97. The number of aliphatic imine (C=N–C) groups is 1. The van der Waals surface area contributed by atoms with Crippen LogP contribution in [0.25, 0.3) is 5.57 Å². The SMILES string of the molecule is C=Nc1[nH]c(C)cc1/C(=C\C)c1ccc(OC2CCOCC2)c(C#N)c1. The summed E-state index contributed by atoms with van der Waals surface area (Å²) >= 11 is 0. The quantitative estimate of drug-likeness (QED) is 0.806. The van der Waals surface area contributed by atoms with Crippen molar-refractivity contribution >= 4 is 18.1 Å². The molecule has 0 aliphatic carbocycles. The molecule has 0 atom stereocenters. The van der Waals surface area contributed by atoms with Crippen molar-refractivity contribution in [3.63, 3.8) is 0 Å². The fraction of sp³-hybridized carbons (Fsp3) is 0.333. The minimum Gasteiger partial charge on any atom is -0.489 e. The maximum atomic E-state index is 9.59. The van der Waals surface area contributed by atoms with Gasteiger partial charge in [-0.2, -0.15) is 5.26 Å². The predicted octanol–water partition coefficient (Wildman–Crippen LogP) is 4.54. The number of nitriles is 1. The number of nitrogens with one attached hydrogen (secondary N) is 1. The number of benzene rings is 1. The number of rotatable bonds is 5. The van der Waals surface area contributed by atoms with Gasteiger partial charge < -0.3 is 14.5 Å². The van der Waals surface area contributed by atoms with E-state index in [1.165, 1.54) is 0 Å². The Balaban J connectivity index is 1.92. The number of hydrogen-bond donors (Lipinski definition) is 1. The average Bonchev–Trinajstić information content (AvgIpc) is 3.04. The van der Waals surface area contributed by atoms with E-state index in [4.69, 9.17) is 9.47 Å². The van der Waals surface area contributed by atoms with E-state index in [1.54, 1.807) is 0 Å². The van der Waals surface area contributed by atoms with Gasteiger partial charge in [-0.3, -0.25) is 0 Å². The molecule has 1 N–H and O–H groups in total. The summed E-state index contributed by atoms with van der Waals surface area (Å²) < 4.78 is 11.4. The lowest BCUT2D eigenvalue weighted by molar-refractivity contribution is 0.0254. The molecular weight excluding hydrogens is 326 g/mol. The van der Waals surface area contributed by atoms with Crippen LogP contribution in [-0.2, 0) is 4.74 Å². The average molecular weight is 349 g/mol. The van der Waals surface area contributed by atoms with Gasteiger partial charge in [-0.15, -0.1) is 0 Å². The molecule has 26 heavy (non-hydrogen) atoms. The molecule has 2 aromatic rings. The highest BCUT2D eigenvalue weighted by molar-refractivity contribution is 5.85. The van der Waals surface area contributed by atoms with Crippen LogP contribution in [0.3, 0.4) is 0 Å². The molecule has 0 saturated carbocycles. The maximum absolute atomic E-state index is 9.59. The second-order valence-corrected chi connectivity index (χ2v) is 6.33. The summed E-state index contributed by atoms with van der Waals surface area (Å²) in [6, 6.07) is 10.0. The molecule has 0 amide bonds. The van der Waals surface area contributed by atoms with E-state index in [9.17, 15) is 5.26 Å². The lowest BCUT2D eigenvalue weighted by Crippen LogP contribution is -2.26. The van der Waals surface area contributed by atoms with Gasteiger partial charge in [0.25, 0.3) is 0 Å². The Morgan fingerprint density at radius 3 is 2.81 bits per heavy atom. The molecule has 0 radical (unpaired) electrons. The molecule has 134 valence electrons. The minimum absolute atomic E-state index is 0.103. The van der Waals surface area contributed by atoms with Crippen LogP contribution in [0.1, 0.15) is 42.1 Å². The first-order valence-electron chi connectivity index (χ1n) is 8.78. The molecule has 1 aromatic heterocycles. The molecule has 0 unspecified atom stereocenters. The third-order valence-electron chi connectivity index (χ3n) is 4.54. The van der Waals surface area contributed by atoms with Crippen LogP contribution in [0.4, 0.5) is 5.82 Å². The van der Waals surface area contributed by atoms with E-state index >= 15 is 0 Å². The molecule has 5 nitrogen and oxygen atoms in total. The van der Waals surface area contributed by atoms with Crippen LogP contribution in [-0.4, -0.2) is 31.0 Å². The second-order valence-electron chi connectivity index (χ2n) is 6.33. The van der Waals surface area contributed by atoms with Gasteiger partial charge >= 0.3 is 0 Å². The van der Waals surface area contributed by atoms with Gasteiger partial charge in [0.1, 0.15) is 23.7 Å². The van der Waals surface area contributed by atoms with Gasteiger partial charge in [0.15, 0.2) is 0 Å². The van der Waals surface area contributed by atoms with Gasteiger partial charge in [-0.25, -0.2) is 4.99 Å². The third kappa shape index (κ3) is 3.71. The number of aromatic nitrogens is 1. The van der Waals surface area contributed by atoms with Gasteiger partial charge in [0, 0.05) is 24.1 Å². The minimum atomic E-state index is 0.103. The maximum Gasteiger partial charge on any atom is 0.137 e. The van der Waals surface area contributed by atoms with E-state index in [0.29, 0.717) is 24.5 Å². The van der Waals surface area contributed by atoms with Gasteiger partial charge in [-0.05, 0) is 49.9 Å². The topological polar surface area (TPSA) is 70.4 Å². The van der Waals surface area contributed by atoms with E-state index in [2.05, 4.69) is 22.8 Å². The third-order valence-corrected chi connectivity index (χ3v) is 4.54. The molecule has 1 saturated heterocycles. The Hall–Kier alpha value is -2.84. The van der Waals surface area contributed by atoms with Crippen LogP contribution >= 0.6 is 0 Å². The number of ether oxygens (including phenoxy) is 2. The van der Waals surface area contributed by atoms with Crippen molar-refractivity contribution in [3.05, 3.63) is 52.7 Å². The highest BCUT2D eigenvalue weighted by Gasteiger charge is 2.18. The van der Waals surface area contributed by atoms with Crippen LogP contribution in [0.5, 0.6) is 5.75 Å². The number of nitrogens with zero attached hydrogens (tertiary/aromatic N) is 2. The number of H-pyrrole nitrogens is 1. The van der Waals surface area contributed by atoms with Crippen LogP contribution < -0.4 is 4.74 Å². The molecule has 0 bridgehead atoms. The fourth-order valence-electron chi connectivity index (χ4n) is 3.24. The molecule has 2 heterocycles. The first-order valence-corrected chi connectivity index (χ1v) is 8.78. The monoisotopic (exact) mass is 349 g/mol. The zero-order valence-corrected chi connectivity index (χ0v) is 15.2. The van der Waals surface area contributed by atoms with Crippen molar-refractivity contribution in [2.45, 2.75) is 32.8 Å². The molecule has 1 aromatic carbocycles. The molecule has 3 rings (SSSR count). The summed E-state index contributed by atoms with van der Waals surface area (Å²) in [6.07, 6.45) is 3.83. The van der Waals surface area contributed by atoms with Crippen molar-refractivity contribution in [2.75, 3.05) is 13.2 Å². The molecule has 5 heteroatoms. The van der Waals surface area contributed by atoms with Gasteiger partial charge in [0.2, 0.25) is 0 Å². The zero-order valence-electron chi connectivity index (χ0n) is 15.2. The number of aromatic amines is 1. The normalized spacial score (nSPS) is 15.5. The van der Waals surface area contributed by atoms with Crippen LogP contribution in [0.2, 0.25) is 0 Å². The second kappa shape index (κ2) is 8.03. The van der Waals surface area contributed by atoms with Crippen molar-refractivity contribution in [1.82, 2.24) is 4.98 Å². The highest BCUT2D eigenvalue weighted by atomic mass is 16.5. The fourth-order valence-corrected chi connectivity index (χ4v) is 3.24. The molecular formula is C21H23N3O2. The molecule has 0 spiro atoms. The Kier molecular flexibility index (Phi) is 5.55. The summed E-state index contributed by atoms with van der Waals surface area (Å²) in [4.78, 5) is 7.28. The Morgan fingerprint density at radius 2 is 2.15 bits per heavy atom. The number of hydrogen-bond acceptors (Lipinski definition) is 4. The predicted molar refractivity (Wildman–Crippen MR) is 103 cm³/mol. The molecule has 1 aliphatic rings. The first-order chi connectivity index (χ1) is 12.7. The summed E-state index contributed by atoms with van der Waals surface area (Å²) in [5.74, 6) is 1.36. The summed E-state index contributed by atoms with van der Waals surface area (Å²) in [7, 11) is 0. The van der Waals surface area contributed by atoms with E-state index < -0.39 is 0 Å². The number of aryl methyl sites for hydroxylation is 1. The first kappa shape index (κ1) is 18.0. The molecule has 1 fully saturated rings. The highest BCUT2D eigenvalue weighted by Crippen LogP contribution is 2.34. The Morgan fingerprint density at radius 1 is 1.38 bits per heavy atom. The summed E-state index contributed by atoms with van der Waals surface area (Å²) in [5.41, 5.74) is 4.48. The zero-order chi connectivity index (χ0) is 18.5. The smallest absolute Gasteiger partial charge is 0.137 e. The van der Waals surface area contributed by atoms with Crippen molar-refractivity contribution < 1.29 is 9.47 Å². The molecule has 1 aliphatic heterocycles. The van der Waals surface area contributed by atoms with Gasteiger partial charge in [-0.1, -0.05) is 12.1 Å². The largest absolute Gasteiger partial charge is 0.489 e. The van der Waals surface area contributed by atoms with Crippen molar-refractivity contribution in [1.29, 1.82) is 5.26 Å². The Bertz CT molecular complexity index is 868. The summed E-state index contributed by atoms with van der Waals surface area (Å²) in [5, 5.41) is 9.59. The van der Waals surface area contributed by atoms with E-state index in [0.717, 1.165) is 41.1 Å². The number of allylic oxidation sites excluding steroid dienone is 1. The lowest BCUT2D eigenvalue weighted by Gasteiger charge is -2.24. The van der Waals surface area contributed by atoms with Crippen LogP contribution in [0, 0.1) is 18.3 Å². The van der Waals surface area contributed by atoms with Crippen molar-refractivity contribution in [3.8, 4) is 11.8 Å². The standard InChI is InChI=1S/C21H23N3O2/c1-4-18(19-11-14(2)24-21(19)23-3)15-5-6-20(16(12-15)13-22)26-17-7-9-25-10-8-17/h4-6,11-12,17,24H,3,7-10H2,1-2H3/b18-4-. The van der Waals surface area contributed by atoms with E-state index in [-0.39, 0.29) is 6.10 Å². The van der Waals surface area contributed by atoms with Crippen molar-refractivity contribution in [2.24, 2.45) is 4.99 Å². The van der Waals surface area contributed by atoms with Crippen LogP contribution in [0.15, 0.2) is 35.3 Å². The summed E-state index contributed by atoms with van der Waals surface area (Å²) in [6.45, 7) is 9.01. The van der Waals surface area contributed by atoms with E-state index in [1.807, 2.05) is 44.2 Å². The van der Waals surface area contributed by atoms with Gasteiger partial charge in [0.05, 0.1) is 18.8 Å².